The van der Waals surface area contributed by atoms with Crippen LogP contribution in [0.15, 0.2) is 60.9 Å². The molecule has 0 unspecified atom stereocenters. The Labute approximate surface area is 159 Å². The molecule has 5 heteroatoms. The lowest BCUT2D eigenvalue weighted by molar-refractivity contribution is 0.0951. The van der Waals surface area contributed by atoms with Crippen molar-refractivity contribution < 1.29 is 4.79 Å². The molecule has 0 aliphatic heterocycles. The smallest absolute Gasteiger partial charge is 0.254 e. The van der Waals surface area contributed by atoms with Gasteiger partial charge in [0.05, 0.1) is 24.4 Å². The van der Waals surface area contributed by atoms with E-state index in [9.17, 15) is 4.79 Å². The standard InChI is InChI=1S/C22H22N4O/c1-17-4-6-19(7-5-17)13-24-22(27)21-14-25-26(16-21)15-20-10-8-18(9-11-20)3-2-12-23/h4-11,14,16H,2-3,13,15H2,1H3,(H,24,27). The van der Waals surface area contributed by atoms with E-state index in [1.54, 1.807) is 17.1 Å². The summed E-state index contributed by atoms with van der Waals surface area (Å²) in [4.78, 5) is 12.3. The number of rotatable bonds is 7. The third kappa shape index (κ3) is 5.29. The highest BCUT2D eigenvalue weighted by atomic mass is 16.1. The Balaban J connectivity index is 1.55. The fourth-order valence-electron chi connectivity index (χ4n) is 2.76. The maximum atomic E-state index is 12.3. The Morgan fingerprint density at radius 1 is 1.07 bits per heavy atom. The summed E-state index contributed by atoms with van der Waals surface area (Å²) in [5, 5.41) is 15.8. The van der Waals surface area contributed by atoms with Gasteiger partial charge in [-0.3, -0.25) is 9.48 Å². The summed E-state index contributed by atoms with van der Waals surface area (Å²) in [5.74, 6) is -0.131. The van der Waals surface area contributed by atoms with Crippen LogP contribution in [0.5, 0.6) is 0 Å². The molecule has 3 rings (SSSR count). The van der Waals surface area contributed by atoms with Crippen molar-refractivity contribution in [3.63, 3.8) is 0 Å². The number of nitrogens with one attached hydrogen (secondary N) is 1. The molecule has 3 aromatic rings. The third-order valence-corrected chi connectivity index (χ3v) is 4.36. The van der Waals surface area contributed by atoms with Gasteiger partial charge in [-0.15, -0.1) is 0 Å². The Bertz CT molecular complexity index is 934. The minimum absolute atomic E-state index is 0.131. The van der Waals surface area contributed by atoms with E-state index in [4.69, 9.17) is 5.26 Å². The molecule has 5 nitrogen and oxygen atoms in total. The van der Waals surface area contributed by atoms with Crippen LogP contribution >= 0.6 is 0 Å². The lowest BCUT2D eigenvalue weighted by Crippen LogP contribution is -2.22. The normalized spacial score (nSPS) is 10.4. The summed E-state index contributed by atoms with van der Waals surface area (Å²) in [7, 11) is 0. The molecule has 1 N–H and O–H groups in total. The molecule has 1 heterocycles. The zero-order chi connectivity index (χ0) is 19.1. The first-order valence-electron chi connectivity index (χ1n) is 8.95. The Hall–Kier alpha value is -3.39. The maximum absolute atomic E-state index is 12.3. The van der Waals surface area contributed by atoms with E-state index in [1.807, 2.05) is 55.5 Å². The summed E-state index contributed by atoms with van der Waals surface area (Å²) < 4.78 is 1.76. The van der Waals surface area contributed by atoms with Gasteiger partial charge >= 0.3 is 0 Å². The van der Waals surface area contributed by atoms with Crippen LogP contribution in [0.2, 0.25) is 0 Å². The van der Waals surface area contributed by atoms with Crippen molar-refractivity contribution >= 4 is 5.91 Å². The zero-order valence-corrected chi connectivity index (χ0v) is 15.4. The fourth-order valence-corrected chi connectivity index (χ4v) is 2.76. The van der Waals surface area contributed by atoms with Crippen molar-refractivity contribution in [3.05, 3.63) is 88.7 Å². The molecular formula is C22H22N4O. The van der Waals surface area contributed by atoms with Gasteiger partial charge in [-0.05, 0) is 30.0 Å². The van der Waals surface area contributed by atoms with Crippen LogP contribution in [0, 0.1) is 18.3 Å². The van der Waals surface area contributed by atoms with Crippen LogP contribution in [0.1, 0.15) is 39.0 Å². The van der Waals surface area contributed by atoms with Gasteiger partial charge in [0.2, 0.25) is 0 Å². The molecular weight excluding hydrogens is 336 g/mol. The van der Waals surface area contributed by atoms with Crippen molar-refractivity contribution in [1.29, 1.82) is 5.26 Å². The van der Waals surface area contributed by atoms with Gasteiger partial charge in [0.1, 0.15) is 0 Å². The number of aryl methyl sites for hydroxylation is 2. The average molecular weight is 358 g/mol. The molecule has 0 fully saturated rings. The second-order valence-corrected chi connectivity index (χ2v) is 6.57. The van der Waals surface area contributed by atoms with Crippen LogP contribution in [0.4, 0.5) is 0 Å². The van der Waals surface area contributed by atoms with Crippen LogP contribution in [0.25, 0.3) is 0 Å². The molecule has 1 amide bonds. The first-order chi connectivity index (χ1) is 13.1. The highest BCUT2D eigenvalue weighted by Gasteiger charge is 2.09. The number of amides is 1. The van der Waals surface area contributed by atoms with Crippen LogP contribution in [0.3, 0.4) is 0 Å². The van der Waals surface area contributed by atoms with Crippen molar-refractivity contribution in [1.82, 2.24) is 15.1 Å². The third-order valence-electron chi connectivity index (χ3n) is 4.36. The highest BCUT2D eigenvalue weighted by molar-refractivity contribution is 5.93. The number of aromatic nitrogens is 2. The van der Waals surface area contributed by atoms with E-state index in [0.29, 0.717) is 25.1 Å². The summed E-state index contributed by atoms with van der Waals surface area (Å²) in [6.07, 6.45) is 4.64. The van der Waals surface area contributed by atoms with Gasteiger partial charge in [-0.2, -0.15) is 10.4 Å². The van der Waals surface area contributed by atoms with E-state index in [-0.39, 0.29) is 5.91 Å². The van der Waals surface area contributed by atoms with Crippen molar-refractivity contribution in [2.24, 2.45) is 0 Å². The monoisotopic (exact) mass is 358 g/mol. The Kier molecular flexibility index (Phi) is 6.01. The van der Waals surface area contributed by atoms with Crippen molar-refractivity contribution in [2.75, 3.05) is 0 Å². The SMILES string of the molecule is Cc1ccc(CNC(=O)c2cnn(Cc3ccc(CCC#N)cc3)c2)cc1. The molecule has 27 heavy (non-hydrogen) atoms. The highest BCUT2D eigenvalue weighted by Crippen LogP contribution is 2.09. The topological polar surface area (TPSA) is 70.7 Å². The van der Waals surface area contributed by atoms with Crippen molar-refractivity contribution in [2.45, 2.75) is 32.9 Å². The molecule has 0 saturated heterocycles. The van der Waals surface area contributed by atoms with E-state index in [1.165, 1.54) is 5.56 Å². The van der Waals surface area contributed by atoms with E-state index in [0.717, 1.165) is 23.1 Å². The lowest BCUT2D eigenvalue weighted by atomic mass is 10.1. The first-order valence-corrected chi connectivity index (χ1v) is 8.95. The minimum atomic E-state index is -0.131. The summed E-state index contributed by atoms with van der Waals surface area (Å²) >= 11 is 0. The molecule has 0 saturated carbocycles. The van der Waals surface area contributed by atoms with Crippen molar-refractivity contribution in [3.8, 4) is 6.07 Å². The maximum Gasteiger partial charge on any atom is 0.254 e. The zero-order valence-electron chi connectivity index (χ0n) is 15.4. The Morgan fingerprint density at radius 2 is 1.74 bits per heavy atom. The van der Waals surface area contributed by atoms with E-state index >= 15 is 0 Å². The van der Waals surface area contributed by atoms with Gasteiger partial charge in [0, 0.05) is 19.2 Å². The predicted octanol–water partition coefficient (Wildman–Crippen LogP) is 3.63. The quantitative estimate of drug-likeness (QED) is 0.701. The number of nitriles is 1. The molecule has 0 bridgehead atoms. The van der Waals surface area contributed by atoms with E-state index < -0.39 is 0 Å². The number of carbonyl (C=O) groups is 1. The molecule has 136 valence electrons. The number of benzene rings is 2. The molecule has 0 aliphatic carbocycles. The molecule has 0 atom stereocenters. The molecule has 0 radical (unpaired) electrons. The minimum Gasteiger partial charge on any atom is -0.348 e. The summed E-state index contributed by atoms with van der Waals surface area (Å²) in [6.45, 7) is 3.13. The second-order valence-electron chi connectivity index (χ2n) is 6.57. The summed E-state index contributed by atoms with van der Waals surface area (Å²) in [6, 6.07) is 18.4. The number of hydrogen-bond acceptors (Lipinski definition) is 3. The average Bonchev–Trinajstić information content (AvgIpc) is 3.15. The van der Waals surface area contributed by atoms with Crippen LogP contribution < -0.4 is 5.32 Å². The number of hydrogen-bond donors (Lipinski definition) is 1. The van der Waals surface area contributed by atoms with Gasteiger partial charge in [0.25, 0.3) is 5.91 Å². The predicted molar refractivity (Wildman–Crippen MR) is 104 cm³/mol. The fraction of sp³-hybridized carbons (Fsp3) is 0.227. The largest absolute Gasteiger partial charge is 0.348 e. The van der Waals surface area contributed by atoms with Crippen LogP contribution in [-0.4, -0.2) is 15.7 Å². The van der Waals surface area contributed by atoms with E-state index in [2.05, 4.69) is 16.5 Å². The first kappa shape index (κ1) is 18.4. The van der Waals surface area contributed by atoms with Gasteiger partial charge in [-0.25, -0.2) is 0 Å². The van der Waals surface area contributed by atoms with Gasteiger partial charge in [0.15, 0.2) is 0 Å². The van der Waals surface area contributed by atoms with Gasteiger partial charge < -0.3 is 5.32 Å². The molecule has 2 aromatic carbocycles. The van der Waals surface area contributed by atoms with Gasteiger partial charge in [-0.1, -0.05) is 54.1 Å². The molecule has 1 aromatic heterocycles. The van der Waals surface area contributed by atoms with Crippen LogP contribution in [-0.2, 0) is 19.5 Å². The lowest BCUT2D eigenvalue weighted by Gasteiger charge is -2.05. The summed E-state index contributed by atoms with van der Waals surface area (Å²) in [5.41, 5.74) is 5.07. The second kappa shape index (κ2) is 8.81. The molecule has 0 aliphatic rings. The molecule has 0 spiro atoms. The Morgan fingerprint density at radius 3 is 2.44 bits per heavy atom. The number of carbonyl (C=O) groups excluding carboxylic acids is 1. The number of nitrogens with zero attached hydrogens (tertiary/aromatic N) is 3.